The maximum absolute atomic E-state index is 13.0. The molecule has 2 atom stereocenters. The molecule has 2 fully saturated rings. The Labute approximate surface area is 159 Å². The molecule has 5 nitrogen and oxygen atoms in total. The number of benzene rings is 2. The Morgan fingerprint density at radius 3 is 2.52 bits per heavy atom. The molecule has 2 aromatic rings. The largest absolute Gasteiger partial charge is 0.496 e. The van der Waals surface area contributed by atoms with E-state index in [0.717, 1.165) is 29.7 Å². The van der Waals surface area contributed by atoms with E-state index in [4.69, 9.17) is 4.74 Å². The van der Waals surface area contributed by atoms with Crippen LogP contribution in [0.4, 0.5) is 0 Å². The normalized spacial score (nSPS) is 20.4. The van der Waals surface area contributed by atoms with Gasteiger partial charge in [-0.1, -0.05) is 48.5 Å². The highest BCUT2D eigenvalue weighted by Gasteiger charge is 2.42. The molecular formula is C22H24N2O3. The van der Waals surface area contributed by atoms with Gasteiger partial charge in [0.25, 0.3) is 0 Å². The third kappa shape index (κ3) is 3.68. The predicted octanol–water partition coefficient (Wildman–Crippen LogP) is 2.91. The van der Waals surface area contributed by atoms with Gasteiger partial charge in [-0.05, 0) is 24.5 Å². The van der Waals surface area contributed by atoms with E-state index in [1.165, 1.54) is 0 Å². The fraction of sp³-hybridized carbons (Fsp3) is 0.364. The number of likely N-dealkylation sites (tertiary alicyclic amines) is 1. The lowest BCUT2D eigenvalue weighted by Gasteiger charge is -2.23. The lowest BCUT2D eigenvalue weighted by Crippen LogP contribution is -2.36. The zero-order chi connectivity index (χ0) is 18.8. The highest BCUT2D eigenvalue weighted by atomic mass is 16.5. The molecule has 1 saturated heterocycles. The molecule has 1 aliphatic carbocycles. The summed E-state index contributed by atoms with van der Waals surface area (Å²) < 4.78 is 5.52. The van der Waals surface area contributed by atoms with Gasteiger partial charge in [0.1, 0.15) is 5.75 Å². The Morgan fingerprint density at radius 1 is 1.11 bits per heavy atom. The van der Waals surface area contributed by atoms with Crippen LogP contribution < -0.4 is 10.1 Å². The Bertz CT molecular complexity index is 832. The average Bonchev–Trinajstić information content (AvgIpc) is 3.48. The third-order valence-corrected chi connectivity index (χ3v) is 5.39. The van der Waals surface area contributed by atoms with Crippen molar-refractivity contribution in [2.45, 2.75) is 31.3 Å². The number of carbonyl (C=O) groups excluding carboxylic acids is 2. The van der Waals surface area contributed by atoms with Crippen molar-refractivity contribution < 1.29 is 14.3 Å². The molecule has 4 rings (SSSR count). The average molecular weight is 364 g/mol. The topological polar surface area (TPSA) is 58.6 Å². The minimum atomic E-state index is -0.320. The SMILES string of the molecule is COc1ccccc1[C@H](NC(=O)[C@@H]1CC(=O)N(C2CC2)C1)c1ccccc1. The first-order chi connectivity index (χ1) is 13.2. The van der Waals surface area contributed by atoms with E-state index in [-0.39, 0.29) is 23.8 Å². The van der Waals surface area contributed by atoms with Crippen molar-refractivity contribution in [3.63, 3.8) is 0 Å². The molecule has 0 unspecified atom stereocenters. The van der Waals surface area contributed by atoms with Gasteiger partial charge in [-0.3, -0.25) is 9.59 Å². The number of rotatable bonds is 6. The number of nitrogens with zero attached hydrogens (tertiary/aromatic N) is 1. The first-order valence-electron chi connectivity index (χ1n) is 9.45. The third-order valence-electron chi connectivity index (χ3n) is 5.39. The van der Waals surface area contributed by atoms with E-state index in [1.54, 1.807) is 7.11 Å². The molecule has 1 heterocycles. The van der Waals surface area contributed by atoms with Crippen LogP contribution in [0.3, 0.4) is 0 Å². The summed E-state index contributed by atoms with van der Waals surface area (Å²) in [6.45, 7) is 0.531. The summed E-state index contributed by atoms with van der Waals surface area (Å²) in [4.78, 5) is 27.1. The van der Waals surface area contributed by atoms with Crippen LogP contribution in [0.25, 0.3) is 0 Å². The van der Waals surface area contributed by atoms with Crippen LogP contribution in [-0.4, -0.2) is 36.4 Å². The van der Waals surface area contributed by atoms with E-state index >= 15 is 0 Å². The Morgan fingerprint density at radius 2 is 1.81 bits per heavy atom. The molecule has 0 bridgehead atoms. The van der Waals surface area contributed by atoms with Crippen molar-refractivity contribution in [1.29, 1.82) is 0 Å². The first kappa shape index (κ1) is 17.6. The van der Waals surface area contributed by atoms with Crippen molar-refractivity contribution in [1.82, 2.24) is 10.2 Å². The highest BCUT2D eigenvalue weighted by molar-refractivity contribution is 5.90. The Kier molecular flexibility index (Phi) is 4.84. The number of nitrogens with one attached hydrogen (secondary N) is 1. The second-order valence-electron chi connectivity index (χ2n) is 7.27. The summed E-state index contributed by atoms with van der Waals surface area (Å²) in [6, 6.07) is 17.6. The summed E-state index contributed by atoms with van der Waals surface area (Å²) in [5, 5.41) is 3.17. The molecule has 0 radical (unpaired) electrons. The van der Waals surface area contributed by atoms with E-state index < -0.39 is 0 Å². The summed E-state index contributed by atoms with van der Waals surface area (Å²) in [5.41, 5.74) is 1.89. The van der Waals surface area contributed by atoms with Gasteiger partial charge in [0, 0.05) is 24.6 Å². The number of para-hydroxylation sites is 1. The number of hydrogen-bond donors (Lipinski definition) is 1. The van der Waals surface area contributed by atoms with Crippen molar-refractivity contribution in [3.05, 3.63) is 65.7 Å². The number of methoxy groups -OCH3 is 1. The molecule has 0 spiro atoms. The van der Waals surface area contributed by atoms with Gasteiger partial charge in [0.2, 0.25) is 11.8 Å². The van der Waals surface area contributed by atoms with E-state index in [1.807, 2.05) is 59.5 Å². The monoisotopic (exact) mass is 364 g/mol. The second kappa shape index (κ2) is 7.43. The van der Waals surface area contributed by atoms with E-state index in [9.17, 15) is 9.59 Å². The second-order valence-corrected chi connectivity index (χ2v) is 7.27. The standard InChI is InChI=1S/C22H24N2O3/c1-27-19-10-6-5-9-18(19)21(15-7-3-2-4-8-15)23-22(26)16-13-20(25)24(14-16)17-11-12-17/h2-10,16-17,21H,11-14H2,1H3,(H,23,26)/t16-,21-/m1/s1. The zero-order valence-corrected chi connectivity index (χ0v) is 15.4. The number of ether oxygens (including phenoxy) is 1. The number of carbonyl (C=O) groups is 2. The molecule has 1 N–H and O–H groups in total. The van der Waals surface area contributed by atoms with Gasteiger partial charge in [-0.2, -0.15) is 0 Å². The molecule has 1 aliphatic heterocycles. The fourth-order valence-electron chi connectivity index (χ4n) is 3.80. The van der Waals surface area contributed by atoms with Crippen molar-refractivity contribution in [3.8, 4) is 5.75 Å². The van der Waals surface area contributed by atoms with Gasteiger partial charge < -0.3 is 15.0 Å². The minimum Gasteiger partial charge on any atom is -0.496 e. The Hall–Kier alpha value is -2.82. The van der Waals surface area contributed by atoms with Crippen LogP contribution >= 0.6 is 0 Å². The molecule has 2 aromatic carbocycles. The molecule has 2 amide bonds. The highest BCUT2D eigenvalue weighted by Crippen LogP contribution is 2.34. The molecule has 0 aromatic heterocycles. The van der Waals surface area contributed by atoms with Crippen molar-refractivity contribution in [2.75, 3.05) is 13.7 Å². The zero-order valence-electron chi connectivity index (χ0n) is 15.4. The van der Waals surface area contributed by atoms with Crippen LogP contribution in [0.15, 0.2) is 54.6 Å². The summed E-state index contributed by atoms with van der Waals surface area (Å²) in [5.74, 6) is 0.463. The summed E-state index contributed by atoms with van der Waals surface area (Å²) >= 11 is 0. The van der Waals surface area contributed by atoms with E-state index in [2.05, 4.69) is 5.32 Å². The van der Waals surface area contributed by atoms with Crippen LogP contribution in [0.5, 0.6) is 5.75 Å². The van der Waals surface area contributed by atoms with Gasteiger partial charge in [-0.15, -0.1) is 0 Å². The lowest BCUT2D eigenvalue weighted by atomic mass is 9.96. The van der Waals surface area contributed by atoms with Crippen LogP contribution in [0, 0.1) is 5.92 Å². The van der Waals surface area contributed by atoms with Crippen molar-refractivity contribution >= 4 is 11.8 Å². The maximum atomic E-state index is 13.0. The van der Waals surface area contributed by atoms with Gasteiger partial charge in [0.15, 0.2) is 0 Å². The molecule has 140 valence electrons. The Balaban J connectivity index is 1.58. The van der Waals surface area contributed by atoms with Crippen molar-refractivity contribution in [2.24, 2.45) is 5.92 Å². The first-order valence-corrected chi connectivity index (χ1v) is 9.45. The van der Waals surface area contributed by atoms with Crippen LogP contribution in [0.2, 0.25) is 0 Å². The summed E-state index contributed by atoms with van der Waals surface area (Å²) in [7, 11) is 1.63. The molecule has 5 heteroatoms. The van der Waals surface area contributed by atoms with Gasteiger partial charge in [0.05, 0.1) is 19.1 Å². The minimum absolute atomic E-state index is 0.0775. The maximum Gasteiger partial charge on any atom is 0.226 e. The number of hydrogen-bond acceptors (Lipinski definition) is 3. The number of amides is 2. The molecular weight excluding hydrogens is 340 g/mol. The molecule has 27 heavy (non-hydrogen) atoms. The van der Waals surface area contributed by atoms with Gasteiger partial charge >= 0.3 is 0 Å². The van der Waals surface area contributed by atoms with Gasteiger partial charge in [-0.25, -0.2) is 0 Å². The van der Waals surface area contributed by atoms with E-state index in [0.29, 0.717) is 19.0 Å². The van der Waals surface area contributed by atoms with Crippen LogP contribution in [0.1, 0.15) is 36.4 Å². The quantitative estimate of drug-likeness (QED) is 0.857. The molecule has 1 saturated carbocycles. The molecule has 2 aliphatic rings. The fourth-order valence-corrected chi connectivity index (χ4v) is 3.80. The predicted molar refractivity (Wildman–Crippen MR) is 102 cm³/mol. The smallest absolute Gasteiger partial charge is 0.226 e. The lowest BCUT2D eigenvalue weighted by molar-refractivity contribution is -0.129. The summed E-state index contributed by atoms with van der Waals surface area (Å²) in [6.07, 6.45) is 2.43. The van der Waals surface area contributed by atoms with Crippen LogP contribution in [-0.2, 0) is 9.59 Å².